The fourth-order valence-corrected chi connectivity index (χ4v) is 3.36. The van der Waals surface area contributed by atoms with E-state index in [0.717, 1.165) is 18.4 Å². The van der Waals surface area contributed by atoms with Crippen molar-refractivity contribution >= 4 is 5.78 Å². The molecule has 1 aromatic carbocycles. The molecule has 0 aromatic heterocycles. The maximum Gasteiger partial charge on any atom is 0.168 e. The fourth-order valence-electron chi connectivity index (χ4n) is 3.36. The Labute approximate surface area is 122 Å². The summed E-state index contributed by atoms with van der Waals surface area (Å²) in [7, 11) is 0. The lowest BCUT2D eigenvalue weighted by atomic mass is 9.82. The van der Waals surface area contributed by atoms with Crippen LogP contribution < -0.4 is 0 Å². The number of Topliss-reactive ketones (excluding diaryl/α,β-unsaturated/α-hetero) is 1. The monoisotopic (exact) mass is 274 g/mol. The van der Waals surface area contributed by atoms with Crippen molar-refractivity contribution in [3.8, 4) is 0 Å². The van der Waals surface area contributed by atoms with Gasteiger partial charge in [-0.1, -0.05) is 32.9 Å². The molecule has 2 nitrogen and oxygen atoms in total. The lowest BCUT2D eigenvalue weighted by Crippen LogP contribution is -2.27. The molecule has 2 heteroatoms. The van der Waals surface area contributed by atoms with E-state index in [2.05, 4.69) is 39.8 Å². The van der Waals surface area contributed by atoms with Gasteiger partial charge in [-0.2, -0.15) is 0 Å². The molecule has 1 fully saturated rings. The number of hydrogen-bond donors (Lipinski definition) is 0. The summed E-state index contributed by atoms with van der Waals surface area (Å²) >= 11 is 0. The normalized spacial score (nSPS) is 29.6. The van der Waals surface area contributed by atoms with Crippen molar-refractivity contribution in [1.29, 1.82) is 0 Å². The minimum absolute atomic E-state index is 0.0119. The van der Waals surface area contributed by atoms with Gasteiger partial charge in [-0.15, -0.1) is 0 Å². The third kappa shape index (κ3) is 2.67. The second kappa shape index (κ2) is 6.09. The number of aryl methyl sites for hydroxylation is 2. The number of carbonyl (C=O) groups is 1. The first-order valence-electron chi connectivity index (χ1n) is 7.81. The van der Waals surface area contributed by atoms with Crippen molar-refractivity contribution in [3.63, 3.8) is 0 Å². The highest BCUT2D eigenvalue weighted by atomic mass is 16.5. The predicted molar refractivity (Wildman–Crippen MR) is 82.2 cm³/mol. The standard InChI is InChI=1S/C18H26O2/c1-6-14-8-9-16(10-15(14)7-2)18(19)17-11(3)12(4)20-13(17)5/h8-13,17H,6-7H2,1-5H3. The molecule has 0 saturated carbocycles. The summed E-state index contributed by atoms with van der Waals surface area (Å²) in [5.74, 6) is 0.516. The third-order valence-electron chi connectivity index (χ3n) is 4.80. The quantitative estimate of drug-likeness (QED) is 0.774. The van der Waals surface area contributed by atoms with Gasteiger partial charge in [0, 0.05) is 5.56 Å². The molecule has 0 amide bonds. The van der Waals surface area contributed by atoms with Crippen molar-refractivity contribution in [1.82, 2.24) is 0 Å². The number of benzene rings is 1. The van der Waals surface area contributed by atoms with Gasteiger partial charge < -0.3 is 4.74 Å². The molecule has 0 N–H and O–H groups in total. The largest absolute Gasteiger partial charge is 0.374 e. The smallest absolute Gasteiger partial charge is 0.168 e. The number of ether oxygens (including phenoxy) is 1. The Bertz CT molecular complexity index is 492. The van der Waals surface area contributed by atoms with Crippen molar-refractivity contribution < 1.29 is 9.53 Å². The molecule has 1 aromatic rings. The summed E-state index contributed by atoms with van der Waals surface area (Å²) < 4.78 is 5.81. The molecule has 4 unspecified atom stereocenters. The molecule has 1 aliphatic rings. The zero-order chi connectivity index (χ0) is 14.9. The van der Waals surface area contributed by atoms with E-state index in [1.54, 1.807) is 0 Å². The summed E-state index contributed by atoms with van der Waals surface area (Å²) in [6.45, 7) is 10.5. The van der Waals surface area contributed by atoms with E-state index in [1.807, 2.05) is 13.0 Å². The lowest BCUT2D eigenvalue weighted by molar-refractivity contribution is 0.0491. The first kappa shape index (κ1) is 15.2. The topological polar surface area (TPSA) is 26.3 Å². The number of carbonyl (C=O) groups excluding carboxylic acids is 1. The Morgan fingerprint density at radius 2 is 1.70 bits per heavy atom. The van der Waals surface area contributed by atoms with Gasteiger partial charge in [-0.05, 0) is 49.8 Å². The molecular formula is C18H26O2. The van der Waals surface area contributed by atoms with E-state index in [4.69, 9.17) is 4.74 Å². The van der Waals surface area contributed by atoms with E-state index >= 15 is 0 Å². The van der Waals surface area contributed by atoms with Crippen LogP contribution in [-0.2, 0) is 17.6 Å². The number of ketones is 1. The molecule has 0 radical (unpaired) electrons. The molecule has 1 aliphatic heterocycles. The van der Waals surface area contributed by atoms with E-state index < -0.39 is 0 Å². The van der Waals surface area contributed by atoms with Gasteiger partial charge in [0.1, 0.15) is 0 Å². The summed E-state index contributed by atoms with van der Waals surface area (Å²) in [5.41, 5.74) is 3.49. The van der Waals surface area contributed by atoms with Gasteiger partial charge in [0.25, 0.3) is 0 Å². The van der Waals surface area contributed by atoms with Crippen LogP contribution in [0.1, 0.15) is 56.1 Å². The first-order valence-corrected chi connectivity index (χ1v) is 7.81. The van der Waals surface area contributed by atoms with Crippen molar-refractivity contribution in [2.24, 2.45) is 11.8 Å². The highest BCUT2D eigenvalue weighted by Crippen LogP contribution is 2.34. The molecule has 0 bridgehead atoms. The Morgan fingerprint density at radius 1 is 1.05 bits per heavy atom. The Balaban J connectivity index is 2.29. The second-order valence-corrected chi connectivity index (χ2v) is 5.99. The zero-order valence-corrected chi connectivity index (χ0v) is 13.3. The van der Waals surface area contributed by atoms with Gasteiger partial charge in [-0.3, -0.25) is 4.79 Å². The third-order valence-corrected chi connectivity index (χ3v) is 4.80. The molecule has 1 saturated heterocycles. The average Bonchev–Trinajstić information content (AvgIpc) is 2.70. The van der Waals surface area contributed by atoms with Crippen LogP contribution >= 0.6 is 0 Å². The van der Waals surface area contributed by atoms with Crippen LogP contribution in [0.4, 0.5) is 0 Å². The predicted octanol–water partition coefficient (Wildman–Crippen LogP) is 4.05. The average molecular weight is 274 g/mol. The first-order chi connectivity index (χ1) is 9.49. The summed E-state index contributed by atoms with van der Waals surface area (Å²) in [6.07, 6.45) is 2.18. The van der Waals surface area contributed by atoms with Gasteiger partial charge >= 0.3 is 0 Å². The van der Waals surface area contributed by atoms with Crippen molar-refractivity contribution in [3.05, 3.63) is 34.9 Å². The minimum Gasteiger partial charge on any atom is -0.374 e. The van der Waals surface area contributed by atoms with Crippen LogP contribution in [0.3, 0.4) is 0 Å². The molecule has 4 atom stereocenters. The lowest BCUT2D eigenvalue weighted by Gasteiger charge is -2.18. The fraction of sp³-hybridized carbons (Fsp3) is 0.611. The number of hydrogen-bond acceptors (Lipinski definition) is 2. The highest BCUT2D eigenvalue weighted by molar-refractivity contribution is 5.98. The van der Waals surface area contributed by atoms with Crippen molar-refractivity contribution in [2.45, 2.75) is 59.7 Å². The summed E-state index contributed by atoms with van der Waals surface area (Å²) in [5, 5.41) is 0. The molecule has 110 valence electrons. The molecule has 20 heavy (non-hydrogen) atoms. The van der Waals surface area contributed by atoms with Gasteiger partial charge in [-0.25, -0.2) is 0 Å². The van der Waals surface area contributed by atoms with Crippen LogP contribution in [0.15, 0.2) is 18.2 Å². The van der Waals surface area contributed by atoms with E-state index in [9.17, 15) is 4.79 Å². The Kier molecular flexibility index (Phi) is 4.64. The van der Waals surface area contributed by atoms with E-state index in [-0.39, 0.29) is 29.8 Å². The van der Waals surface area contributed by atoms with E-state index in [1.165, 1.54) is 11.1 Å². The molecular weight excluding hydrogens is 248 g/mol. The molecule has 1 heterocycles. The van der Waals surface area contributed by atoms with Crippen LogP contribution in [0.5, 0.6) is 0 Å². The Morgan fingerprint density at radius 3 is 2.20 bits per heavy atom. The van der Waals surface area contributed by atoms with Gasteiger partial charge in [0.15, 0.2) is 5.78 Å². The van der Waals surface area contributed by atoms with Crippen LogP contribution in [-0.4, -0.2) is 18.0 Å². The molecule has 0 spiro atoms. The van der Waals surface area contributed by atoms with E-state index in [0.29, 0.717) is 0 Å². The minimum atomic E-state index is -0.0119. The van der Waals surface area contributed by atoms with Gasteiger partial charge in [0.05, 0.1) is 18.1 Å². The SMILES string of the molecule is CCc1ccc(C(=O)C2C(C)OC(C)C2C)cc1CC. The molecule has 0 aliphatic carbocycles. The highest BCUT2D eigenvalue weighted by Gasteiger charge is 2.41. The maximum atomic E-state index is 12.8. The van der Waals surface area contributed by atoms with Gasteiger partial charge in [0.2, 0.25) is 0 Å². The maximum absolute atomic E-state index is 12.8. The molecule has 2 rings (SSSR count). The Hall–Kier alpha value is -1.15. The second-order valence-electron chi connectivity index (χ2n) is 5.99. The van der Waals surface area contributed by atoms with Crippen molar-refractivity contribution in [2.75, 3.05) is 0 Å². The van der Waals surface area contributed by atoms with Crippen LogP contribution in [0.25, 0.3) is 0 Å². The summed E-state index contributed by atoms with van der Waals surface area (Å²) in [4.78, 5) is 12.8. The zero-order valence-electron chi connectivity index (χ0n) is 13.3. The summed E-state index contributed by atoms with van der Waals surface area (Å²) in [6, 6.07) is 6.19. The van der Waals surface area contributed by atoms with Crippen LogP contribution in [0.2, 0.25) is 0 Å². The van der Waals surface area contributed by atoms with Crippen LogP contribution in [0, 0.1) is 11.8 Å². The number of rotatable bonds is 4.